The van der Waals surface area contributed by atoms with E-state index in [1.807, 2.05) is 5.38 Å². The van der Waals surface area contributed by atoms with E-state index in [1.54, 1.807) is 0 Å². The summed E-state index contributed by atoms with van der Waals surface area (Å²) >= 11 is 1.47. The number of rotatable bonds is 5. The number of nitrogens with one attached hydrogen (secondary N) is 2. The maximum atomic E-state index is 10.2. The highest BCUT2D eigenvalue weighted by molar-refractivity contribution is 7.13. The second kappa shape index (κ2) is 5.77. The van der Waals surface area contributed by atoms with Crippen molar-refractivity contribution < 1.29 is 5.11 Å². The van der Waals surface area contributed by atoms with E-state index in [4.69, 9.17) is 5.73 Å². The predicted octanol–water partition coefficient (Wildman–Crippen LogP) is -0.0281. The van der Waals surface area contributed by atoms with Crippen LogP contribution in [0.15, 0.2) is 5.38 Å². The molecular weight excluding hydrogens is 236 g/mol. The molecule has 1 aliphatic rings. The molecule has 0 spiro atoms. The van der Waals surface area contributed by atoms with E-state index in [0.29, 0.717) is 18.2 Å². The second-order valence-corrected chi connectivity index (χ2v) is 5.50. The number of nitrogen functional groups attached to an aromatic ring is 1. The van der Waals surface area contributed by atoms with Crippen LogP contribution in [0.5, 0.6) is 0 Å². The van der Waals surface area contributed by atoms with Gasteiger partial charge in [0, 0.05) is 31.4 Å². The Morgan fingerprint density at radius 2 is 2.53 bits per heavy atom. The van der Waals surface area contributed by atoms with Crippen LogP contribution in [-0.2, 0) is 6.42 Å². The molecule has 2 heterocycles. The molecule has 2 rings (SSSR count). The summed E-state index contributed by atoms with van der Waals surface area (Å²) in [5, 5.41) is 19.3. The van der Waals surface area contributed by atoms with Gasteiger partial charge in [-0.3, -0.25) is 0 Å². The fourth-order valence-corrected chi connectivity index (χ4v) is 2.68. The lowest BCUT2D eigenvalue weighted by atomic mass is 9.94. The quantitative estimate of drug-likeness (QED) is 0.556. The van der Waals surface area contributed by atoms with Crippen molar-refractivity contribution in [1.82, 2.24) is 15.6 Å². The van der Waals surface area contributed by atoms with Crippen LogP contribution >= 0.6 is 11.3 Å². The molecule has 0 radical (unpaired) electrons. The summed E-state index contributed by atoms with van der Waals surface area (Å²) in [5.41, 5.74) is 6.00. The van der Waals surface area contributed by atoms with Crippen molar-refractivity contribution in [3.05, 3.63) is 11.1 Å². The predicted molar refractivity (Wildman–Crippen MR) is 70.2 cm³/mol. The smallest absolute Gasteiger partial charge is 0.180 e. The molecule has 6 heteroatoms. The topological polar surface area (TPSA) is 83.2 Å². The van der Waals surface area contributed by atoms with Gasteiger partial charge in [-0.05, 0) is 19.4 Å². The molecule has 1 aromatic rings. The first-order valence-electron chi connectivity index (χ1n) is 6.02. The van der Waals surface area contributed by atoms with Gasteiger partial charge in [-0.25, -0.2) is 4.98 Å². The van der Waals surface area contributed by atoms with Gasteiger partial charge in [0.1, 0.15) is 0 Å². The van der Waals surface area contributed by atoms with E-state index < -0.39 is 5.60 Å². The monoisotopic (exact) mass is 256 g/mol. The average Bonchev–Trinajstić information content (AvgIpc) is 2.72. The largest absolute Gasteiger partial charge is 0.387 e. The molecule has 0 saturated carbocycles. The number of β-amino-alcohol motifs (C(OH)–C–C–N with tert-alkyl or cyclic N) is 1. The van der Waals surface area contributed by atoms with E-state index in [0.717, 1.165) is 38.0 Å². The molecule has 1 atom stereocenters. The van der Waals surface area contributed by atoms with Gasteiger partial charge in [-0.2, -0.15) is 0 Å². The van der Waals surface area contributed by atoms with E-state index >= 15 is 0 Å². The van der Waals surface area contributed by atoms with Crippen molar-refractivity contribution >= 4 is 16.5 Å². The summed E-state index contributed by atoms with van der Waals surface area (Å²) in [6.07, 6.45) is 2.77. The molecule has 1 unspecified atom stereocenters. The molecule has 0 bridgehead atoms. The van der Waals surface area contributed by atoms with Gasteiger partial charge in [0.05, 0.1) is 11.3 Å². The fourth-order valence-electron chi connectivity index (χ4n) is 2.08. The maximum absolute atomic E-state index is 10.2. The summed E-state index contributed by atoms with van der Waals surface area (Å²) in [6, 6.07) is 0. The first-order chi connectivity index (χ1) is 8.18. The summed E-state index contributed by atoms with van der Waals surface area (Å²) in [7, 11) is 0. The van der Waals surface area contributed by atoms with Crippen molar-refractivity contribution in [1.29, 1.82) is 0 Å². The number of hydrogen-bond acceptors (Lipinski definition) is 6. The Hall–Kier alpha value is -0.690. The fraction of sp³-hybridized carbons (Fsp3) is 0.727. The van der Waals surface area contributed by atoms with Crippen LogP contribution in [0.2, 0.25) is 0 Å². The SMILES string of the molecule is Nc1nc(CCNCC2(O)CCCNC2)cs1. The molecule has 96 valence electrons. The van der Waals surface area contributed by atoms with Crippen LogP contribution in [0.3, 0.4) is 0 Å². The third kappa shape index (κ3) is 3.92. The Bertz CT molecular complexity index is 349. The molecule has 1 saturated heterocycles. The van der Waals surface area contributed by atoms with E-state index in [-0.39, 0.29) is 0 Å². The molecule has 1 aliphatic heterocycles. The number of nitrogens with zero attached hydrogens (tertiary/aromatic N) is 1. The molecule has 1 fully saturated rings. The average molecular weight is 256 g/mol. The highest BCUT2D eigenvalue weighted by Gasteiger charge is 2.28. The number of nitrogens with two attached hydrogens (primary N) is 1. The van der Waals surface area contributed by atoms with Crippen LogP contribution < -0.4 is 16.4 Å². The third-order valence-corrected chi connectivity index (χ3v) is 3.75. The number of anilines is 1. The highest BCUT2D eigenvalue weighted by atomic mass is 32.1. The lowest BCUT2D eigenvalue weighted by molar-refractivity contribution is 0.0174. The van der Waals surface area contributed by atoms with Crippen LogP contribution in [0.4, 0.5) is 5.13 Å². The van der Waals surface area contributed by atoms with Gasteiger partial charge in [0.2, 0.25) is 0 Å². The molecule has 17 heavy (non-hydrogen) atoms. The second-order valence-electron chi connectivity index (χ2n) is 4.61. The van der Waals surface area contributed by atoms with Gasteiger partial charge in [-0.1, -0.05) is 0 Å². The normalized spacial score (nSPS) is 25.0. The zero-order chi connectivity index (χ0) is 12.1. The number of aliphatic hydroxyl groups is 1. The standard InChI is InChI=1S/C11H20N4OS/c12-10-15-9(6-17-10)2-5-14-8-11(16)3-1-4-13-7-11/h6,13-14,16H,1-5,7-8H2,(H2,12,15). The summed E-state index contributed by atoms with van der Waals surface area (Å²) in [6.45, 7) is 3.16. The summed E-state index contributed by atoms with van der Waals surface area (Å²) in [5.74, 6) is 0. The van der Waals surface area contributed by atoms with Gasteiger partial charge < -0.3 is 21.5 Å². The van der Waals surface area contributed by atoms with Gasteiger partial charge in [0.15, 0.2) is 5.13 Å². The molecule has 0 amide bonds. The highest BCUT2D eigenvalue weighted by Crippen LogP contribution is 2.14. The molecule has 0 aliphatic carbocycles. The molecule has 5 N–H and O–H groups in total. The van der Waals surface area contributed by atoms with Gasteiger partial charge in [0.25, 0.3) is 0 Å². The van der Waals surface area contributed by atoms with Gasteiger partial charge in [-0.15, -0.1) is 11.3 Å². The zero-order valence-electron chi connectivity index (χ0n) is 9.91. The number of thiazole rings is 1. The minimum Gasteiger partial charge on any atom is -0.387 e. The first kappa shape index (κ1) is 12.8. The van der Waals surface area contributed by atoms with Crippen molar-refractivity contribution in [3.8, 4) is 0 Å². The lowest BCUT2D eigenvalue weighted by Crippen LogP contribution is -2.52. The number of hydrogen-bond donors (Lipinski definition) is 4. The van der Waals surface area contributed by atoms with Gasteiger partial charge >= 0.3 is 0 Å². The summed E-state index contributed by atoms with van der Waals surface area (Å²) < 4.78 is 0. The van der Waals surface area contributed by atoms with E-state index in [2.05, 4.69) is 15.6 Å². The lowest BCUT2D eigenvalue weighted by Gasteiger charge is -2.32. The van der Waals surface area contributed by atoms with Crippen molar-refractivity contribution in [2.45, 2.75) is 24.9 Å². The molecule has 0 aromatic carbocycles. The Labute approximate surface area is 105 Å². The van der Waals surface area contributed by atoms with E-state index in [9.17, 15) is 5.11 Å². The minimum absolute atomic E-state index is 0.584. The maximum Gasteiger partial charge on any atom is 0.180 e. The number of aromatic nitrogens is 1. The third-order valence-electron chi connectivity index (χ3n) is 3.03. The minimum atomic E-state index is -0.584. The van der Waals surface area contributed by atoms with Crippen molar-refractivity contribution in [2.24, 2.45) is 0 Å². The van der Waals surface area contributed by atoms with E-state index in [1.165, 1.54) is 11.3 Å². The Morgan fingerprint density at radius 1 is 1.65 bits per heavy atom. The van der Waals surface area contributed by atoms with Crippen molar-refractivity contribution in [3.63, 3.8) is 0 Å². The molecule has 1 aromatic heterocycles. The Balaban J connectivity index is 1.65. The zero-order valence-corrected chi connectivity index (χ0v) is 10.7. The Morgan fingerprint density at radius 3 is 3.18 bits per heavy atom. The van der Waals surface area contributed by atoms with Crippen molar-refractivity contribution in [2.75, 3.05) is 31.9 Å². The summed E-state index contributed by atoms with van der Waals surface area (Å²) in [4.78, 5) is 4.19. The Kier molecular flexibility index (Phi) is 4.33. The molecular formula is C11H20N4OS. The molecule has 5 nitrogen and oxygen atoms in total. The van der Waals surface area contributed by atoms with Crippen LogP contribution in [0, 0.1) is 0 Å². The van der Waals surface area contributed by atoms with Crippen LogP contribution in [0.25, 0.3) is 0 Å². The number of piperidine rings is 1. The van der Waals surface area contributed by atoms with Crippen LogP contribution in [-0.4, -0.2) is 41.9 Å². The first-order valence-corrected chi connectivity index (χ1v) is 6.90. The van der Waals surface area contributed by atoms with Crippen LogP contribution in [0.1, 0.15) is 18.5 Å².